The molecule has 0 aliphatic carbocycles. The summed E-state index contributed by atoms with van der Waals surface area (Å²) in [4.78, 5) is 23.8. The Hall–Kier alpha value is -3.11. The largest absolute Gasteiger partial charge is 0.493 e. The summed E-state index contributed by atoms with van der Waals surface area (Å²) >= 11 is 0. The van der Waals surface area contributed by atoms with Gasteiger partial charge in [0.1, 0.15) is 0 Å². The summed E-state index contributed by atoms with van der Waals surface area (Å²) in [6.07, 6.45) is 0.801. The zero-order valence-electron chi connectivity index (χ0n) is 17.3. The van der Waals surface area contributed by atoms with Crippen molar-refractivity contribution in [3.8, 4) is 11.5 Å². The number of nitrogens with two attached hydrogens (primary N) is 1. The number of benzene rings is 2. The molecule has 10 heteroatoms. The lowest BCUT2D eigenvalue weighted by molar-refractivity contribution is -0.120. The van der Waals surface area contributed by atoms with Gasteiger partial charge in [-0.3, -0.25) is 9.59 Å². The van der Waals surface area contributed by atoms with E-state index < -0.39 is 15.9 Å². The maximum atomic E-state index is 13.0. The number of piperidine rings is 1. The molecule has 3 rings (SSSR count). The molecule has 0 spiro atoms. The molecule has 0 saturated carbocycles. The van der Waals surface area contributed by atoms with Gasteiger partial charge in [-0.2, -0.15) is 4.31 Å². The fourth-order valence-electron chi connectivity index (χ4n) is 3.45. The minimum Gasteiger partial charge on any atom is -0.493 e. The van der Waals surface area contributed by atoms with Crippen molar-refractivity contribution in [1.82, 2.24) is 4.31 Å². The predicted molar refractivity (Wildman–Crippen MR) is 115 cm³/mol. The summed E-state index contributed by atoms with van der Waals surface area (Å²) in [6, 6.07) is 10.7. The van der Waals surface area contributed by atoms with E-state index in [1.807, 2.05) is 0 Å². The van der Waals surface area contributed by atoms with Crippen LogP contribution in [0.3, 0.4) is 0 Å². The summed E-state index contributed by atoms with van der Waals surface area (Å²) in [5.41, 5.74) is 6.11. The van der Waals surface area contributed by atoms with Gasteiger partial charge in [-0.15, -0.1) is 0 Å². The number of primary amides is 1. The summed E-state index contributed by atoms with van der Waals surface area (Å²) < 4.78 is 37.7. The quantitative estimate of drug-likeness (QED) is 0.667. The van der Waals surface area contributed by atoms with Crippen LogP contribution in [0.2, 0.25) is 0 Å². The molecule has 1 saturated heterocycles. The van der Waals surface area contributed by atoms with Crippen LogP contribution in [0.1, 0.15) is 23.2 Å². The van der Waals surface area contributed by atoms with Gasteiger partial charge in [-0.1, -0.05) is 0 Å². The average Bonchev–Trinajstić information content (AvgIpc) is 2.78. The molecule has 9 nitrogen and oxygen atoms in total. The Morgan fingerprint density at radius 1 is 1.00 bits per heavy atom. The Morgan fingerprint density at radius 2 is 1.61 bits per heavy atom. The molecule has 0 atom stereocenters. The first-order valence-electron chi connectivity index (χ1n) is 9.69. The molecular formula is C21H25N3O6S. The zero-order valence-corrected chi connectivity index (χ0v) is 18.1. The highest BCUT2D eigenvalue weighted by molar-refractivity contribution is 7.89. The van der Waals surface area contributed by atoms with Crippen LogP contribution >= 0.6 is 0 Å². The second kappa shape index (κ2) is 9.36. The highest BCUT2D eigenvalue weighted by Gasteiger charge is 2.32. The van der Waals surface area contributed by atoms with Crippen LogP contribution in [-0.4, -0.2) is 51.8 Å². The van der Waals surface area contributed by atoms with E-state index in [0.29, 0.717) is 35.6 Å². The maximum absolute atomic E-state index is 13.0. The van der Waals surface area contributed by atoms with Crippen molar-refractivity contribution in [2.75, 3.05) is 32.6 Å². The first-order chi connectivity index (χ1) is 14.8. The normalized spacial score (nSPS) is 15.3. The van der Waals surface area contributed by atoms with Gasteiger partial charge in [0.2, 0.25) is 21.8 Å². The van der Waals surface area contributed by atoms with E-state index in [-0.39, 0.29) is 29.8 Å². The van der Waals surface area contributed by atoms with Crippen molar-refractivity contribution < 1.29 is 27.5 Å². The number of rotatable bonds is 7. The van der Waals surface area contributed by atoms with Crippen LogP contribution in [-0.2, 0) is 14.8 Å². The molecule has 1 aliphatic heterocycles. The first kappa shape index (κ1) is 22.6. The minimum absolute atomic E-state index is 0.114. The average molecular weight is 448 g/mol. The zero-order chi connectivity index (χ0) is 22.6. The number of amides is 2. The van der Waals surface area contributed by atoms with Gasteiger partial charge < -0.3 is 20.5 Å². The van der Waals surface area contributed by atoms with Crippen LogP contribution in [0.4, 0.5) is 5.69 Å². The third kappa shape index (κ3) is 4.97. The third-order valence-electron chi connectivity index (χ3n) is 5.25. The van der Waals surface area contributed by atoms with Gasteiger partial charge in [0.15, 0.2) is 11.5 Å². The molecule has 3 N–H and O–H groups in total. The lowest BCUT2D eigenvalue weighted by Crippen LogP contribution is -2.41. The van der Waals surface area contributed by atoms with Gasteiger partial charge in [-0.05, 0) is 49.2 Å². The second-order valence-electron chi connectivity index (χ2n) is 7.13. The molecular weight excluding hydrogens is 422 g/mol. The maximum Gasteiger partial charge on any atom is 0.248 e. The number of nitrogens with zero attached hydrogens (tertiary/aromatic N) is 1. The van der Waals surface area contributed by atoms with Crippen molar-refractivity contribution in [1.29, 1.82) is 0 Å². The van der Waals surface area contributed by atoms with E-state index in [9.17, 15) is 18.0 Å². The van der Waals surface area contributed by atoms with Crippen molar-refractivity contribution >= 4 is 27.5 Å². The van der Waals surface area contributed by atoms with Crippen LogP contribution in [0.15, 0.2) is 47.4 Å². The number of nitrogens with one attached hydrogen (secondary N) is 1. The highest BCUT2D eigenvalue weighted by atomic mass is 32.2. The molecule has 0 bridgehead atoms. The first-order valence-corrected chi connectivity index (χ1v) is 11.1. The summed E-state index contributed by atoms with van der Waals surface area (Å²) in [5.74, 6) is -0.260. The van der Waals surface area contributed by atoms with Gasteiger partial charge in [0.25, 0.3) is 0 Å². The third-order valence-corrected chi connectivity index (χ3v) is 7.15. The Kier molecular flexibility index (Phi) is 6.81. The molecule has 1 heterocycles. The Bertz CT molecular complexity index is 1060. The molecule has 1 fully saturated rings. The van der Waals surface area contributed by atoms with Crippen molar-refractivity contribution in [2.45, 2.75) is 17.7 Å². The summed E-state index contributed by atoms with van der Waals surface area (Å²) in [5, 5.41) is 2.80. The minimum atomic E-state index is -3.72. The molecule has 1 aliphatic rings. The molecule has 166 valence electrons. The Balaban J connectivity index is 1.63. The lowest BCUT2D eigenvalue weighted by Gasteiger charge is -2.30. The number of carbonyl (C=O) groups is 2. The van der Waals surface area contributed by atoms with E-state index in [1.54, 1.807) is 18.2 Å². The standard InChI is InChI=1S/C21H25N3O6S/c1-29-18-8-7-17(13-19(18)30-2)31(27,28)24-11-9-15(10-12-24)21(26)23-16-5-3-14(4-6-16)20(22)25/h3-8,13,15H,9-12H2,1-2H3,(H2,22,25)(H,23,26). The number of ether oxygens (including phenoxy) is 2. The topological polar surface area (TPSA) is 128 Å². The number of anilines is 1. The molecule has 2 aromatic rings. The number of carbonyl (C=O) groups excluding carboxylic acids is 2. The molecule has 0 unspecified atom stereocenters. The molecule has 0 aromatic heterocycles. The van der Waals surface area contributed by atoms with Crippen molar-refractivity contribution in [3.63, 3.8) is 0 Å². The van der Waals surface area contributed by atoms with Crippen LogP contribution in [0.25, 0.3) is 0 Å². The van der Waals surface area contributed by atoms with Crippen LogP contribution in [0.5, 0.6) is 11.5 Å². The van der Waals surface area contributed by atoms with Crippen molar-refractivity contribution in [2.24, 2.45) is 11.7 Å². The van der Waals surface area contributed by atoms with E-state index in [2.05, 4.69) is 5.32 Å². The summed E-state index contributed by atoms with van der Waals surface area (Å²) in [7, 11) is -0.794. The van der Waals surface area contributed by atoms with Gasteiger partial charge in [0, 0.05) is 36.3 Å². The Morgan fingerprint density at radius 3 is 2.16 bits per heavy atom. The van der Waals surface area contributed by atoms with E-state index in [1.165, 1.54) is 42.8 Å². The van der Waals surface area contributed by atoms with Crippen molar-refractivity contribution in [3.05, 3.63) is 48.0 Å². The number of hydrogen-bond donors (Lipinski definition) is 2. The SMILES string of the molecule is COc1ccc(S(=O)(=O)N2CCC(C(=O)Nc3ccc(C(N)=O)cc3)CC2)cc1OC. The Labute approximate surface area is 181 Å². The smallest absolute Gasteiger partial charge is 0.248 e. The fraction of sp³-hybridized carbons (Fsp3) is 0.333. The fourth-order valence-corrected chi connectivity index (χ4v) is 4.93. The van der Waals surface area contributed by atoms with E-state index in [0.717, 1.165) is 0 Å². The lowest BCUT2D eigenvalue weighted by atomic mass is 9.97. The monoisotopic (exact) mass is 447 g/mol. The molecule has 2 amide bonds. The molecule has 0 radical (unpaired) electrons. The van der Waals surface area contributed by atoms with E-state index in [4.69, 9.17) is 15.2 Å². The summed E-state index contributed by atoms with van der Waals surface area (Å²) in [6.45, 7) is 0.463. The second-order valence-corrected chi connectivity index (χ2v) is 9.06. The highest BCUT2D eigenvalue weighted by Crippen LogP contribution is 2.32. The van der Waals surface area contributed by atoms with E-state index >= 15 is 0 Å². The molecule has 2 aromatic carbocycles. The number of sulfonamides is 1. The number of methoxy groups -OCH3 is 2. The predicted octanol–water partition coefficient (Wildman–Crippen LogP) is 1.84. The van der Waals surface area contributed by atoms with Gasteiger partial charge >= 0.3 is 0 Å². The van der Waals surface area contributed by atoms with Gasteiger partial charge in [0.05, 0.1) is 19.1 Å². The number of hydrogen-bond acceptors (Lipinski definition) is 6. The molecule has 31 heavy (non-hydrogen) atoms. The van der Waals surface area contributed by atoms with Crippen LogP contribution < -0.4 is 20.5 Å². The van der Waals surface area contributed by atoms with Crippen LogP contribution in [0, 0.1) is 5.92 Å². The van der Waals surface area contributed by atoms with Gasteiger partial charge in [-0.25, -0.2) is 8.42 Å².